The Morgan fingerprint density at radius 1 is 1.09 bits per heavy atom. The Bertz CT molecular complexity index is 2550. The van der Waals surface area contributed by atoms with Crippen molar-refractivity contribution < 1.29 is 28.7 Å². The number of likely N-dealkylation sites (tertiary alicyclic amines) is 1. The first-order valence-electron chi connectivity index (χ1n) is 25.5. The zero-order chi connectivity index (χ0) is 48.8. The summed E-state index contributed by atoms with van der Waals surface area (Å²) in [6, 6.07) is 8.59. The largest absolute Gasteiger partial charge is 0.464 e. The smallest absolute Gasteiger partial charge is 0.324 e. The molecule has 1 saturated carbocycles. The van der Waals surface area contributed by atoms with Crippen LogP contribution in [0.25, 0.3) is 33.4 Å². The molecule has 4 aromatic rings. The molecule has 3 saturated heterocycles. The van der Waals surface area contributed by atoms with Crippen LogP contribution in [0, 0.1) is 16.7 Å². The van der Waals surface area contributed by atoms with E-state index in [0.717, 1.165) is 88.3 Å². The molecule has 16 heteroatoms. The second-order valence-electron chi connectivity index (χ2n) is 21.6. The Labute approximate surface area is 411 Å². The summed E-state index contributed by atoms with van der Waals surface area (Å²) >= 11 is 1.49. The van der Waals surface area contributed by atoms with Gasteiger partial charge in [-0.15, -0.1) is 11.3 Å². The molecule has 7 heterocycles. The summed E-state index contributed by atoms with van der Waals surface area (Å²) in [5.74, 6) is -0.561. The highest BCUT2D eigenvalue weighted by Crippen LogP contribution is 2.42. The summed E-state index contributed by atoms with van der Waals surface area (Å²) in [4.78, 5) is 71.7. The van der Waals surface area contributed by atoms with E-state index in [-0.39, 0.29) is 60.3 Å². The van der Waals surface area contributed by atoms with Crippen molar-refractivity contribution >= 4 is 45.9 Å². The fourth-order valence-corrected chi connectivity index (χ4v) is 12.6. The highest BCUT2D eigenvalue weighted by atomic mass is 32.1. The molecule has 372 valence electrons. The molecule has 15 nitrogen and oxygen atoms in total. The molecule has 4 aliphatic heterocycles. The fourth-order valence-electron chi connectivity index (χ4n) is 11.7. The SMILES string of the molecule is CCN(C[C@]1(C)CCN(C(=O)[C@@H]2N[C@@H]2C)C1)[C@H](C(=O)N[C@H]1Cc2nc(cs2)-c2ccc3c(c2)c(c(-c2cccnc2[C@H](C)OC)n3CC)CC(C)(C)COC(=O)[C@@H]2CCCN(N2)C1=O)C1CCCC1. The number of rotatable bonds is 12. The monoisotopic (exact) mass is 964 g/mol. The molecule has 3 N–H and O–H groups in total. The van der Waals surface area contributed by atoms with Gasteiger partial charge in [-0.2, -0.15) is 0 Å². The van der Waals surface area contributed by atoms with Gasteiger partial charge in [0.15, 0.2) is 0 Å². The van der Waals surface area contributed by atoms with Gasteiger partial charge in [-0.25, -0.2) is 10.4 Å². The molecule has 3 amide bonds. The number of aromatic nitrogens is 3. The van der Waals surface area contributed by atoms with Gasteiger partial charge in [-0.05, 0) is 107 Å². The number of hydrogen-bond acceptors (Lipinski definition) is 12. The number of amides is 3. The summed E-state index contributed by atoms with van der Waals surface area (Å²) in [5, 5.41) is 12.0. The number of hydrogen-bond donors (Lipinski definition) is 3. The van der Waals surface area contributed by atoms with Crippen LogP contribution < -0.4 is 16.1 Å². The van der Waals surface area contributed by atoms with Crippen molar-refractivity contribution in [1.82, 2.24) is 45.4 Å². The van der Waals surface area contributed by atoms with Gasteiger partial charge < -0.3 is 24.3 Å². The number of pyridine rings is 1. The zero-order valence-corrected chi connectivity index (χ0v) is 42.8. The minimum absolute atomic E-state index is 0.0983. The van der Waals surface area contributed by atoms with Crippen LogP contribution in [0.4, 0.5) is 0 Å². The molecule has 3 aromatic heterocycles. The average Bonchev–Trinajstić information content (AvgIpc) is 3.84. The van der Waals surface area contributed by atoms with Crippen LogP contribution in [0.15, 0.2) is 41.9 Å². The van der Waals surface area contributed by atoms with E-state index in [1.807, 2.05) is 36.4 Å². The van der Waals surface area contributed by atoms with E-state index in [9.17, 15) is 14.4 Å². The van der Waals surface area contributed by atoms with E-state index in [2.05, 4.69) is 84.4 Å². The highest BCUT2D eigenvalue weighted by Gasteiger charge is 2.47. The van der Waals surface area contributed by atoms with Gasteiger partial charge in [-0.3, -0.25) is 39.4 Å². The minimum Gasteiger partial charge on any atom is -0.464 e. The van der Waals surface area contributed by atoms with E-state index in [1.54, 1.807) is 7.11 Å². The number of cyclic esters (lactones) is 1. The van der Waals surface area contributed by atoms with Crippen LogP contribution >= 0.6 is 11.3 Å². The van der Waals surface area contributed by atoms with Crippen LogP contribution in [-0.2, 0) is 48.0 Å². The predicted molar refractivity (Wildman–Crippen MR) is 268 cm³/mol. The molecule has 9 rings (SSSR count). The van der Waals surface area contributed by atoms with Crippen LogP contribution in [0.2, 0.25) is 0 Å². The Hall–Kier alpha value is -4.74. The first-order valence-corrected chi connectivity index (χ1v) is 26.4. The maximum absolute atomic E-state index is 15.1. The third kappa shape index (κ3) is 10.2. The number of nitrogens with one attached hydrogen (secondary N) is 3. The highest BCUT2D eigenvalue weighted by molar-refractivity contribution is 7.10. The van der Waals surface area contributed by atoms with Gasteiger partial charge in [0, 0.05) is 91.3 Å². The number of hydrazine groups is 1. The van der Waals surface area contributed by atoms with Crippen LogP contribution in [0.5, 0.6) is 0 Å². The second-order valence-corrected chi connectivity index (χ2v) is 22.5. The van der Waals surface area contributed by atoms with Crippen molar-refractivity contribution in [3.05, 3.63) is 58.2 Å². The van der Waals surface area contributed by atoms with E-state index in [4.69, 9.17) is 19.4 Å². The Kier molecular flexibility index (Phi) is 14.4. The van der Waals surface area contributed by atoms with Crippen molar-refractivity contribution in [2.24, 2.45) is 16.7 Å². The van der Waals surface area contributed by atoms with E-state index < -0.39 is 29.5 Å². The van der Waals surface area contributed by atoms with Gasteiger partial charge >= 0.3 is 5.97 Å². The zero-order valence-electron chi connectivity index (χ0n) is 41.9. The first-order chi connectivity index (χ1) is 33.1. The molecule has 7 atom stereocenters. The number of methoxy groups -OCH3 is 1. The maximum Gasteiger partial charge on any atom is 0.324 e. The molecular formula is C53H73N9O6S. The van der Waals surface area contributed by atoms with Crippen LogP contribution in [-0.4, -0.2) is 130 Å². The summed E-state index contributed by atoms with van der Waals surface area (Å²) in [6.07, 6.45) is 8.34. The Balaban J connectivity index is 1.06. The van der Waals surface area contributed by atoms with Gasteiger partial charge in [0.2, 0.25) is 11.8 Å². The normalized spacial score (nSPS) is 26.3. The first kappa shape index (κ1) is 49.2. The molecule has 1 aliphatic carbocycles. The van der Waals surface area contributed by atoms with Crippen molar-refractivity contribution in [1.29, 1.82) is 0 Å². The predicted octanol–water partition coefficient (Wildman–Crippen LogP) is 6.68. The van der Waals surface area contributed by atoms with E-state index in [1.165, 1.54) is 16.3 Å². The quantitative estimate of drug-likeness (QED) is 0.102. The number of esters is 1. The van der Waals surface area contributed by atoms with Gasteiger partial charge in [0.1, 0.15) is 18.1 Å². The summed E-state index contributed by atoms with van der Waals surface area (Å²) in [7, 11) is 1.70. The molecule has 69 heavy (non-hydrogen) atoms. The second kappa shape index (κ2) is 20.2. The number of likely N-dealkylation sites (N-methyl/N-ethyl adjacent to an activating group) is 1. The number of carbonyl (C=O) groups is 4. The number of fused-ring (bicyclic) bond motifs is 6. The van der Waals surface area contributed by atoms with Gasteiger partial charge in [0.05, 0.1) is 40.8 Å². The lowest BCUT2D eigenvalue weighted by Gasteiger charge is -2.40. The number of nitrogens with zero attached hydrogens (tertiary/aromatic N) is 6. The molecular weight excluding hydrogens is 891 g/mol. The number of benzene rings is 1. The summed E-state index contributed by atoms with van der Waals surface area (Å²) < 4.78 is 14.4. The van der Waals surface area contributed by atoms with Gasteiger partial charge in [-0.1, -0.05) is 46.6 Å². The van der Waals surface area contributed by atoms with Crippen LogP contribution in [0.3, 0.4) is 0 Å². The number of thiazole rings is 1. The Morgan fingerprint density at radius 3 is 2.59 bits per heavy atom. The topological polar surface area (TPSA) is 173 Å². The Morgan fingerprint density at radius 2 is 1.87 bits per heavy atom. The maximum atomic E-state index is 15.1. The molecule has 0 unspecified atom stereocenters. The standard InChI is InChI=1S/C53H73N9O6S/c1-9-59(29-53(7)21-24-60(30-53)50(65)44-32(3)55-44)46(34-15-11-12-16-34)48(63)57-40-26-43-56-41(28-69-43)35-19-20-42-37(25-35)38(47(61(42)10-2)36-17-13-22-54-45(36)33(4)67-8)27-52(5,6)31-68-51(66)39-18-14-23-62(58-39)49(40)64/h13,17,19-20,22,25,28,32-34,39-40,44,46,55,58H,9-12,14-16,18,21,23-24,26-27,29-31H2,1-8H3,(H,57,63)/t32-,33+,39+,40+,44-,46+,53+/m1/s1. The van der Waals surface area contributed by atoms with Crippen LogP contribution in [0.1, 0.15) is 116 Å². The van der Waals surface area contributed by atoms with Gasteiger partial charge in [0.25, 0.3) is 5.91 Å². The average molecular weight is 964 g/mol. The molecule has 5 aliphatic rings. The molecule has 6 bridgehead atoms. The third-order valence-electron chi connectivity index (χ3n) is 15.6. The van der Waals surface area contributed by atoms with E-state index >= 15 is 4.79 Å². The molecule has 1 aromatic carbocycles. The lowest BCUT2D eigenvalue weighted by molar-refractivity contribution is -0.155. The molecule has 0 spiro atoms. The fraction of sp³-hybridized carbons (Fsp3) is 0.623. The number of carbonyl (C=O) groups excluding carboxylic acids is 4. The van der Waals surface area contributed by atoms with Crippen molar-refractivity contribution in [3.63, 3.8) is 0 Å². The van der Waals surface area contributed by atoms with Crippen molar-refractivity contribution in [3.8, 4) is 22.5 Å². The van der Waals surface area contributed by atoms with Crippen molar-refractivity contribution in [2.45, 2.75) is 149 Å². The summed E-state index contributed by atoms with van der Waals surface area (Å²) in [5.41, 5.74) is 9.47. The number of aryl methyl sites for hydroxylation is 1. The lowest BCUT2D eigenvalue weighted by Crippen LogP contribution is -2.62. The third-order valence-corrected chi connectivity index (χ3v) is 16.5. The lowest BCUT2D eigenvalue weighted by atomic mass is 9.84. The number of ether oxygens (including phenoxy) is 2. The van der Waals surface area contributed by atoms with Crippen molar-refractivity contribution in [2.75, 3.05) is 46.4 Å². The molecule has 0 radical (unpaired) electrons. The minimum atomic E-state index is -0.944. The molecule has 4 fully saturated rings. The summed E-state index contributed by atoms with van der Waals surface area (Å²) in [6.45, 7) is 18.8. The van der Waals surface area contributed by atoms with E-state index in [0.29, 0.717) is 52.0 Å².